The minimum absolute atomic E-state index is 0.341. The van der Waals surface area contributed by atoms with E-state index < -0.39 is 5.60 Å². The van der Waals surface area contributed by atoms with Crippen LogP contribution >= 0.6 is 15.9 Å². The van der Waals surface area contributed by atoms with Crippen LogP contribution < -0.4 is 4.74 Å². The van der Waals surface area contributed by atoms with Crippen molar-refractivity contribution in [3.05, 3.63) is 28.7 Å². The molecule has 0 aliphatic heterocycles. The minimum atomic E-state index is -0.474. The molecule has 0 aliphatic rings. The van der Waals surface area contributed by atoms with Crippen molar-refractivity contribution >= 4 is 22.0 Å². The molecule has 0 aliphatic carbocycles. The van der Waals surface area contributed by atoms with Crippen LogP contribution in [0.1, 0.15) is 20.8 Å². The Morgan fingerprint density at radius 2 is 1.84 bits per heavy atom. The number of rotatable bonds is 4. The third-order valence-electron chi connectivity index (χ3n) is 2.21. The van der Waals surface area contributed by atoms with Crippen LogP contribution in [-0.4, -0.2) is 36.8 Å². The molecular formula is C14H20BrNO3. The van der Waals surface area contributed by atoms with Gasteiger partial charge in [0.25, 0.3) is 0 Å². The van der Waals surface area contributed by atoms with Gasteiger partial charge < -0.3 is 14.4 Å². The quantitative estimate of drug-likeness (QED) is 0.845. The van der Waals surface area contributed by atoms with E-state index in [1.54, 1.807) is 7.05 Å². The Balaban J connectivity index is 2.32. The first-order chi connectivity index (χ1) is 8.78. The van der Waals surface area contributed by atoms with Crippen LogP contribution in [0.3, 0.4) is 0 Å². The number of carbonyl (C=O) groups excluding carboxylic acids is 1. The number of carbonyl (C=O) groups is 1. The van der Waals surface area contributed by atoms with Gasteiger partial charge >= 0.3 is 6.09 Å². The van der Waals surface area contributed by atoms with Crippen molar-refractivity contribution in [3.63, 3.8) is 0 Å². The number of halogens is 1. The van der Waals surface area contributed by atoms with Gasteiger partial charge in [0.05, 0.1) is 6.54 Å². The zero-order valence-corrected chi connectivity index (χ0v) is 13.4. The third kappa shape index (κ3) is 6.47. The molecule has 0 bridgehead atoms. The molecule has 0 fully saturated rings. The van der Waals surface area contributed by atoms with Crippen molar-refractivity contribution in [2.75, 3.05) is 20.2 Å². The minimum Gasteiger partial charge on any atom is -0.492 e. The van der Waals surface area contributed by atoms with Gasteiger partial charge in [-0.1, -0.05) is 15.9 Å². The molecule has 0 saturated carbocycles. The van der Waals surface area contributed by atoms with Crippen molar-refractivity contribution in [1.29, 1.82) is 0 Å². The largest absolute Gasteiger partial charge is 0.492 e. The molecule has 0 heterocycles. The molecule has 0 atom stereocenters. The number of benzene rings is 1. The molecule has 0 aromatic heterocycles. The summed E-state index contributed by atoms with van der Waals surface area (Å²) in [5, 5.41) is 0. The number of amides is 1. The first-order valence-electron chi connectivity index (χ1n) is 6.10. The maximum atomic E-state index is 11.7. The van der Waals surface area contributed by atoms with Crippen LogP contribution in [-0.2, 0) is 4.74 Å². The Labute approximate surface area is 122 Å². The van der Waals surface area contributed by atoms with E-state index >= 15 is 0 Å². The molecule has 1 rings (SSSR count). The third-order valence-corrected chi connectivity index (χ3v) is 2.74. The van der Waals surface area contributed by atoms with E-state index in [9.17, 15) is 4.79 Å². The maximum Gasteiger partial charge on any atom is 0.410 e. The Morgan fingerprint density at radius 1 is 1.26 bits per heavy atom. The lowest BCUT2D eigenvalue weighted by molar-refractivity contribution is 0.0278. The van der Waals surface area contributed by atoms with E-state index in [1.807, 2.05) is 45.0 Å². The fourth-order valence-corrected chi connectivity index (χ4v) is 1.53. The first kappa shape index (κ1) is 15.8. The lowest BCUT2D eigenvalue weighted by Crippen LogP contribution is -2.36. The lowest BCUT2D eigenvalue weighted by Gasteiger charge is -2.24. The van der Waals surface area contributed by atoms with E-state index in [4.69, 9.17) is 9.47 Å². The summed E-state index contributed by atoms with van der Waals surface area (Å²) in [5.74, 6) is 0.779. The SMILES string of the molecule is CN(CCOc1ccc(Br)cc1)C(=O)OC(C)(C)C. The number of hydrogen-bond donors (Lipinski definition) is 0. The molecule has 0 spiro atoms. The summed E-state index contributed by atoms with van der Waals surface area (Å²) in [5.41, 5.74) is -0.474. The molecule has 0 saturated heterocycles. The zero-order valence-electron chi connectivity index (χ0n) is 11.8. The van der Waals surface area contributed by atoms with Gasteiger partial charge in [0.15, 0.2) is 0 Å². The van der Waals surface area contributed by atoms with Crippen LogP contribution in [0.2, 0.25) is 0 Å². The Kier molecular flexibility index (Phi) is 5.66. The fraction of sp³-hybridized carbons (Fsp3) is 0.500. The van der Waals surface area contributed by atoms with Gasteiger partial charge in [0.1, 0.15) is 18.0 Å². The molecule has 1 aromatic carbocycles. The van der Waals surface area contributed by atoms with E-state index in [2.05, 4.69) is 15.9 Å². The van der Waals surface area contributed by atoms with Crippen molar-refractivity contribution in [2.24, 2.45) is 0 Å². The summed E-state index contributed by atoms with van der Waals surface area (Å²) in [6, 6.07) is 7.56. The predicted octanol–water partition coefficient (Wildman–Crippen LogP) is 3.69. The van der Waals surface area contributed by atoms with Crippen molar-refractivity contribution in [1.82, 2.24) is 4.90 Å². The van der Waals surface area contributed by atoms with Crippen LogP contribution in [0, 0.1) is 0 Å². The number of ether oxygens (including phenoxy) is 2. The van der Waals surface area contributed by atoms with Crippen LogP contribution in [0.25, 0.3) is 0 Å². The fourth-order valence-electron chi connectivity index (χ4n) is 1.26. The van der Waals surface area contributed by atoms with E-state index in [0.29, 0.717) is 13.2 Å². The van der Waals surface area contributed by atoms with E-state index in [1.165, 1.54) is 4.90 Å². The van der Waals surface area contributed by atoms with Crippen LogP contribution in [0.4, 0.5) is 4.79 Å². The van der Waals surface area contributed by atoms with Gasteiger partial charge in [-0.15, -0.1) is 0 Å². The average molecular weight is 330 g/mol. The van der Waals surface area contributed by atoms with Gasteiger partial charge in [-0.25, -0.2) is 4.79 Å². The normalized spacial score (nSPS) is 11.0. The highest BCUT2D eigenvalue weighted by molar-refractivity contribution is 9.10. The summed E-state index contributed by atoms with van der Waals surface area (Å²) in [7, 11) is 1.69. The van der Waals surface area contributed by atoms with Crippen molar-refractivity contribution in [3.8, 4) is 5.75 Å². The van der Waals surface area contributed by atoms with Crippen molar-refractivity contribution < 1.29 is 14.3 Å². The molecule has 4 nitrogen and oxygen atoms in total. The van der Waals surface area contributed by atoms with Crippen LogP contribution in [0.15, 0.2) is 28.7 Å². The first-order valence-corrected chi connectivity index (χ1v) is 6.90. The topological polar surface area (TPSA) is 38.8 Å². The van der Waals surface area contributed by atoms with E-state index in [-0.39, 0.29) is 6.09 Å². The standard InChI is InChI=1S/C14H20BrNO3/c1-14(2,3)19-13(17)16(4)9-10-18-12-7-5-11(15)6-8-12/h5-8H,9-10H2,1-4H3. The smallest absolute Gasteiger partial charge is 0.410 e. The number of hydrogen-bond acceptors (Lipinski definition) is 3. The molecule has 0 unspecified atom stereocenters. The van der Waals surface area contributed by atoms with Gasteiger partial charge in [0.2, 0.25) is 0 Å². The van der Waals surface area contributed by atoms with Crippen LogP contribution in [0.5, 0.6) is 5.75 Å². The second-order valence-corrected chi connectivity index (χ2v) is 6.12. The molecular weight excluding hydrogens is 310 g/mol. The molecule has 1 aromatic rings. The Morgan fingerprint density at radius 3 is 2.37 bits per heavy atom. The van der Waals surface area contributed by atoms with Gasteiger partial charge in [-0.05, 0) is 45.0 Å². The molecule has 5 heteroatoms. The molecule has 19 heavy (non-hydrogen) atoms. The van der Waals surface area contributed by atoms with Crippen molar-refractivity contribution in [2.45, 2.75) is 26.4 Å². The predicted molar refractivity (Wildman–Crippen MR) is 78.5 cm³/mol. The average Bonchev–Trinajstić information content (AvgIpc) is 2.29. The molecule has 106 valence electrons. The molecule has 0 N–H and O–H groups in total. The highest BCUT2D eigenvalue weighted by Gasteiger charge is 2.19. The Hall–Kier alpha value is -1.23. The van der Waals surface area contributed by atoms with Gasteiger partial charge in [-0.2, -0.15) is 0 Å². The lowest BCUT2D eigenvalue weighted by atomic mass is 10.2. The number of nitrogens with zero attached hydrogens (tertiary/aromatic N) is 1. The summed E-state index contributed by atoms with van der Waals surface area (Å²) in [6.45, 7) is 6.44. The van der Waals surface area contributed by atoms with Gasteiger partial charge in [0, 0.05) is 11.5 Å². The highest BCUT2D eigenvalue weighted by atomic mass is 79.9. The maximum absolute atomic E-state index is 11.7. The second kappa shape index (κ2) is 6.80. The highest BCUT2D eigenvalue weighted by Crippen LogP contribution is 2.16. The monoisotopic (exact) mass is 329 g/mol. The Bertz CT molecular complexity index is 412. The number of likely N-dealkylation sites (N-methyl/N-ethyl adjacent to an activating group) is 1. The molecule has 0 radical (unpaired) electrons. The van der Waals surface area contributed by atoms with Gasteiger partial charge in [-0.3, -0.25) is 0 Å². The summed E-state index contributed by atoms with van der Waals surface area (Å²) >= 11 is 3.36. The summed E-state index contributed by atoms with van der Waals surface area (Å²) in [6.07, 6.45) is -0.341. The van der Waals surface area contributed by atoms with E-state index in [0.717, 1.165) is 10.2 Å². The zero-order chi connectivity index (χ0) is 14.5. The summed E-state index contributed by atoms with van der Waals surface area (Å²) in [4.78, 5) is 13.2. The second-order valence-electron chi connectivity index (χ2n) is 5.20. The summed E-state index contributed by atoms with van der Waals surface area (Å²) < 4.78 is 11.8. The molecule has 1 amide bonds.